The van der Waals surface area contributed by atoms with Gasteiger partial charge in [0.25, 0.3) is 5.91 Å². The van der Waals surface area contributed by atoms with Crippen molar-refractivity contribution in [3.8, 4) is 0 Å². The molecule has 2 aromatic rings. The van der Waals surface area contributed by atoms with Crippen LogP contribution in [-0.4, -0.2) is 51.3 Å². The predicted molar refractivity (Wildman–Crippen MR) is 88.7 cm³/mol. The van der Waals surface area contributed by atoms with Gasteiger partial charge in [0.05, 0.1) is 17.8 Å². The number of pyridine rings is 1. The molecule has 1 aromatic carbocycles. The topological polar surface area (TPSA) is 93.6 Å². The van der Waals surface area contributed by atoms with Crippen LogP contribution in [0.2, 0.25) is 0 Å². The molecule has 4 rings (SSSR count). The fourth-order valence-electron chi connectivity index (χ4n) is 4.15. The first-order valence-electron chi connectivity index (χ1n) is 8.40. The van der Waals surface area contributed by atoms with Gasteiger partial charge in [0.1, 0.15) is 5.82 Å². The fraction of sp³-hybridized carbons (Fsp3) is 0.444. The van der Waals surface area contributed by atoms with Crippen LogP contribution in [0.1, 0.15) is 23.2 Å². The molecular weight excluding hydrogens is 327 g/mol. The number of amides is 1. The smallest absolute Gasteiger partial charge is 0.254 e. The van der Waals surface area contributed by atoms with Gasteiger partial charge in [-0.2, -0.15) is 0 Å². The molecule has 2 fully saturated rings. The highest BCUT2D eigenvalue weighted by Gasteiger charge is 2.42. The number of rotatable bonds is 1. The van der Waals surface area contributed by atoms with Crippen LogP contribution >= 0.6 is 0 Å². The fourth-order valence-corrected chi connectivity index (χ4v) is 4.15. The van der Waals surface area contributed by atoms with Crippen LogP contribution in [-0.2, 0) is 0 Å². The van der Waals surface area contributed by atoms with Gasteiger partial charge in [0, 0.05) is 30.1 Å². The molecule has 0 unspecified atom stereocenters. The maximum atomic E-state index is 13.6. The normalized spacial score (nSPS) is 29.0. The highest BCUT2D eigenvalue weighted by molar-refractivity contribution is 6.06. The Labute approximate surface area is 142 Å². The van der Waals surface area contributed by atoms with Crippen molar-refractivity contribution in [3.05, 3.63) is 46.0 Å². The lowest BCUT2D eigenvalue weighted by Gasteiger charge is -2.31. The number of H-pyrrole nitrogens is 1. The number of benzene rings is 1. The van der Waals surface area contributed by atoms with Crippen LogP contribution < -0.4 is 5.56 Å². The molecule has 132 valence electrons. The molecule has 0 bridgehead atoms. The standard InChI is InChI=1S/C18H19FN2O4/c19-11-1-2-14-12(5-11)13(6-17(24)20-14)18(25)21-7-9-3-15(22)16(23)4-10(9)8-21/h1-2,5-6,9-10,15-16,22-23H,3-4,7-8H2,(H,20,24)/t9-,10+,15+,16-. The van der Waals surface area contributed by atoms with Gasteiger partial charge in [0.15, 0.2) is 0 Å². The third-order valence-corrected chi connectivity index (χ3v) is 5.43. The molecule has 1 aromatic heterocycles. The summed E-state index contributed by atoms with van der Waals surface area (Å²) in [6.45, 7) is 0.938. The van der Waals surface area contributed by atoms with Crippen molar-refractivity contribution in [2.45, 2.75) is 25.0 Å². The molecule has 3 N–H and O–H groups in total. The van der Waals surface area contributed by atoms with E-state index in [0.717, 1.165) is 0 Å². The largest absolute Gasteiger partial charge is 0.390 e. The molecule has 6 nitrogen and oxygen atoms in total. The molecule has 2 aliphatic rings. The zero-order chi connectivity index (χ0) is 17.7. The van der Waals surface area contributed by atoms with Crippen LogP contribution in [0.5, 0.6) is 0 Å². The van der Waals surface area contributed by atoms with E-state index in [9.17, 15) is 24.2 Å². The third kappa shape index (κ3) is 2.83. The van der Waals surface area contributed by atoms with E-state index in [-0.39, 0.29) is 23.3 Å². The molecule has 1 saturated carbocycles. The van der Waals surface area contributed by atoms with Gasteiger partial charge in [0.2, 0.25) is 5.56 Å². The monoisotopic (exact) mass is 346 g/mol. The molecule has 1 aliphatic carbocycles. The number of nitrogens with zero attached hydrogens (tertiary/aromatic N) is 1. The highest BCUT2D eigenvalue weighted by Crippen LogP contribution is 2.37. The van der Waals surface area contributed by atoms with E-state index >= 15 is 0 Å². The van der Waals surface area contributed by atoms with Crippen molar-refractivity contribution < 1.29 is 19.4 Å². The average molecular weight is 346 g/mol. The second-order valence-corrected chi connectivity index (χ2v) is 7.07. The van der Waals surface area contributed by atoms with Crippen molar-refractivity contribution in [2.24, 2.45) is 11.8 Å². The Balaban J connectivity index is 1.67. The number of hydrogen-bond donors (Lipinski definition) is 3. The zero-order valence-electron chi connectivity index (χ0n) is 13.5. The van der Waals surface area contributed by atoms with Gasteiger partial charge >= 0.3 is 0 Å². The van der Waals surface area contributed by atoms with Gasteiger partial charge in [-0.15, -0.1) is 0 Å². The number of likely N-dealkylation sites (tertiary alicyclic amines) is 1. The third-order valence-electron chi connectivity index (χ3n) is 5.43. The number of carbonyl (C=O) groups excluding carboxylic acids is 1. The van der Waals surface area contributed by atoms with E-state index in [1.807, 2.05) is 0 Å². The maximum absolute atomic E-state index is 13.6. The Morgan fingerprint density at radius 3 is 2.40 bits per heavy atom. The van der Waals surface area contributed by atoms with Gasteiger partial charge in [-0.3, -0.25) is 9.59 Å². The van der Waals surface area contributed by atoms with Gasteiger partial charge in [-0.1, -0.05) is 0 Å². The minimum Gasteiger partial charge on any atom is -0.390 e. The Morgan fingerprint density at radius 1 is 1.12 bits per heavy atom. The Hall–Kier alpha value is -2.25. The summed E-state index contributed by atoms with van der Waals surface area (Å²) in [7, 11) is 0. The van der Waals surface area contributed by atoms with Crippen LogP contribution in [0, 0.1) is 17.7 Å². The van der Waals surface area contributed by atoms with Gasteiger partial charge in [-0.05, 0) is 42.9 Å². The van der Waals surface area contributed by atoms with Crippen LogP contribution in [0.3, 0.4) is 0 Å². The summed E-state index contributed by atoms with van der Waals surface area (Å²) in [6, 6.07) is 5.13. The van der Waals surface area contributed by atoms with Gasteiger partial charge in [-0.25, -0.2) is 4.39 Å². The lowest BCUT2D eigenvalue weighted by Crippen LogP contribution is -2.38. The molecule has 0 spiro atoms. The Bertz CT molecular complexity index is 878. The van der Waals surface area contributed by atoms with Crippen LogP contribution in [0.25, 0.3) is 10.9 Å². The lowest BCUT2D eigenvalue weighted by molar-refractivity contribution is -0.0372. The average Bonchev–Trinajstić information content (AvgIpc) is 2.97. The number of fused-ring (bicyclic) bond motifs is 2. The molecule has 1 amide bonds. The van der Waals surface area contributed by atoms with Crippen molar-refractivity contribution in [1.29, 1.82) is 0 Å². The number of aliphatic hydroxyl groups is 2. The SMILES string of the molecule is O=C(c1cc(=O)[nH]c2ccc(F)cc12)N1C[C@H]2C[C@H](O)[C@H](O)C[C@H]2C1. The Kier molecular flexibility index (Phi) is 3.85. The minimum atomic E-state index is -0.759. The molecule has 7 heteroatoms. The molecule has 1 aliphatic heterocycles. The van der Waals surface area contributed by atoms with E-state index in [1.54, 1.807) is 4.90 Å². The number of aromatic amines is 1. The summed E-state index contributed by atoms with van der Waals surface area (Å²) in [5.41, 5.74) is 0.183. The van der Waals surface area contributed by atoms with Crippen molar-refractivity contribution in [3.63, 3.8) is 0 Å². The summed E-state index contributed by atoms with van der Waals surface area (Å²) in [5.74, 6) is -0.533. The first kappa shape index (κ1) is 16.2. The first-order valence-corrected chi connectivity index (χ1v) is 8.40. The van der Waals surface area contributed by atoms with E-state index < -0.39 is 23.6 Å². The summed E-state index contributed by atoms with van der Waals surface area (Å²) in [5, 5.41) is 20.0. The molecule has 1 saturated heterocycles. The second-order valence-electron chi connectivity index (χ2n) is 7.07. The number of halogens is 1. The summed E-state index contributed by atoms with van der Waals surface area (Å²) >= 11 is 0. The van der Waals surface area contributed by atoms with Crippen LogP contribution in [0.15, 0.2) is 29.1 Å². The number of aliphatic hydroxyl groups excluding tert-OH is 2. The zero-order valence-corrected chi connectivity index (χ0v) is 13.5. The van der Waals surface area contributed by atoms with Crippen LogP contribution in [0.4, 0.5) is 4.39 Å². The first-order chi connectivity index (χ1) is 11.9. The number of aromatic nitrogens is 1. The van der Waals surface area contributed by atoms with Crippen molar-refractivity contribution >= 4 is 16.8 Å². The van der Waals surface area contributed by atoms with E-state index in [4.69, 9.17) is 0 Å². The molecular formula is C18H19FN2O4. The van der Waals surface area contributed by atoms with E-state index in [2.05, 4.69) is 4.98 Å². The predicted octanol–water partition coefficient (Wildman–Crippen LogP) is 0.871. The minimum absolute atomic E-state index is 0.132. The highest BCUT2D eigenvalue weighted by atomic mass is 19.1. The van der Waals surface area contributed by atoms with Crippen molar-refractivity contribution in [1.82, 2.24) is 9.88 Å². The molecule has 0 radical (unpaired) electrons. The Morgan fingerprint density at radius 2 is 1.76 bits per heavy atom. The molecule has 2 heterocycles. The number of hydrogen-bond acceptors (Lipinski definition) is 4. The summed E-state index contributed by atoms with van der Waals surface area (Å²) in [6.07, 6.45) is -0.600. The number of nitrogens with one attached hydrogen (secondary N) is 1. The van der Waals surface area contributed by atoms with Crippen molar-refractivity contribution in [2.75, 3.05) is 13.1 Å². The number of carbonyl (C=O) groups is 1. The molecule has 25 heavy (non-hydrogen) atoms. The lowest BCUT2D eigenvalue weighted by atomic mass is 9.79. The second kappa shape index (κ2) is 5.93. The summed E-state index contributed by atoms with van der Waals surface area (Å²) < 4.78 is 13.6. The maximum Gasteiger partial charge on any atom is 0.254 e. The van der Waals surface area contributed by atoms with Gasteiger partial charge < -0.3 is 20.1 Å². The summed E-state index contributed by atoms with van der Waals surface area (Å²) in [4.78, 5) is 29.1. The molecule has 4 atom stereocenters. The quantitative estimate of drug-likeness (QED) is 0.714. The van der Waals surface area contributed by atoms with E-state index in [1.165, 1.54) is 24.3 Å². The van der Waals surface area contributed by atoms with E-state index in [0.29, 0.717) is 36.8 Å².